The predicted molar refractivity (Wildman–Crippen MR) is 74.2 cm³/mol. The molecule has 1 aromatic heterocycles. The first-order valence-electron chi connectivity index (χ1n) is 6.38. The Balaban J connectivity index is 1.89. The van der Waals surface area contributed by atoms with Crippen molar-refractivity contribution in [1.29, 1.82) is 0 Å². The third-order valence-corrected chi connectivity index (χ3v) is 5.54. The fourth-order valence-corrected chi connectivity index (χ4v) is 4.28. The van der Waals surface area contributed by atoms with E-state index in [-0.39, 0.29) is 12.6 Å². The van der Waals surface area contributed by atoms with Gasteiger partial charge in [-0.3, -0.25) is 0 Å². The van der Waals surface area contributed by atoms with Gasteiger partial charge in [-0.2, -0.15) is 12.7 Å². The van der Waals surface area contributed by atoms with Gasteiger partial charge in [0.05, 0.1) is 17.8 Å². The fourth-order valence-electron chi connectivity index (χ4n) is 2.22. The smallest absolute Gasteiger partial charge is 0.279 e. The van der Waals surface area contributed by atoms with Gasteiger partial charge in [0.1, 0.15) is 0 Å². The minimum absolute atomic E-state index is 0.118. The summed E-state index contributed by atoms with van der Waals surface area (Å²) in [6, 6.07) is -0.287. The number of thiazole rings is 1. The van der Waals surface area contributed by atoms with Crippen LogP contribution in [0, 0.1) is 0 Å². The van der Waals surface area contributed by atoms with Crippen molar-refractivity contribution >= 4 is 21.5 Å². The summed E-state index contributed by atoms with van der Waals surface area (Å²) in [6.07, 6.45) is 3.13. The molecule has 0 aliphatic carbocycles. The lowest BCUT2D eigenvalue weighted by Gasteiger charge is -2.33. The van der Waals surface area contributed by atoms with E-state index in [0.29, 0.717) is 19.5 Å². The molecule has 1 atom stereocenters. The van der Waals surface area contributed by atoms with Crippen LogP contribution in [0.25, 0.3) is 0 Å². The highest BCUT2D eigenvalue weighted by molar-refractivity contribution is 7.87. The average molecular weight is 305 g/mol. The van der Waals surface area contributed by atoms with Crippen molar-refractivity contribution < 1.29 is 13.5 Å². The van der Waals surface area contributed by atoms with Crippen molar-refractivity contribution in [2.24, 2.45) is 0 Å². The highest BCUT2D eigenvalue weighted by Crippen LogP contribution is 2.19. The maximum Gasteiger partial charge on any atom is 0.279 e. The predicted octanol–water partition coefficient (Wildman–Crippen LogP) is 0.367. The summed E-state index contributed by atoms with van der Waals surface area (Å²) in [7, 11) is -3.50. The van der Waals surface area contributed by atoms with Gasteiger partial charge in [0.15, 0.2) is 0 Å². The van der Waals surface area contributed by atoms with E-state index in [9.17, 15) is 13.5 Å². The minimum atomic E-state index is -3.50. The Labute approximate surface area is 117 Å². The van der Waals surface area contributed by atoms with Gasteiger partial charge >= 0.3 is 0 Å². The summed E-state index contributed by atoms with van der Waals surface area (Å²) in [4.78, 5) is 4.11. The standard InChI is InChI=1S/C11H19N3O3S2/c15-7-11-3-1-2-6-14(11)19(16,17)13-5-4-10-8-18-9-12-10/h8-9,11,13,15H,1-7H2. The van der Waals surface area contributed by atoms with Crippen molar-refractivity contribution in [2.45, 2.75) is 31.7 Å². The molecular formula is C11H19N3O3S2. The molecule has 0 amide bonds. The number of rotatable bonds is 6. The molecule has 19 heavy (non-hydrogen) atoms. The zero-order valence-electron chi connectivity index (χ0n) is 10.7. The van der Waals surface area contributed by atoms with E-state index in [4.69, 9.17) is 0 Å². The van der Waals surface area contributed by atoms with Crippen LogP contribution in [0.2, 0.25) is 0 Å². The number of hydrogen-bond acceptors (Lipinski definition) is 5. The molecule has 1 aromatic rings. The summed E-state index contributed by atoms with van der Waals surface area (Å²) in [5.74, 6) is 0. The van der Waals surface area contributed by atoms with Gasteiger partial charge in [0, 0.05) is 30.9 Å². The lowest BCUT2D eigenvalue weighted by atomic mass is 10.1. The van der Waals surface area contributed by atoms with E-state index < -0.39 is 10.2 Å². The number of piperidine rings is 1. The minimum Gasteiger partial charge on any atom is -0.395 e. The second-order valence-electron chi connectivity index (χ2n) is 4.57. The number of hydrogen-bond donors (Lipinski definition) is 2. The Hall–Kier alpha value is -0.540. The van der Waals surface area contributed by atoms with Crippen LogP contribution in [0.15, 0.2) is 10.9 Å². The highest BCUT2D eigenvalue weighted by Gasteiger charge is 2.31. The van der Waals surface area contributed by atoms with E-state index in [1.54, 1.807) is 5.51 Å². The number of aliphatic hydroxyl groups excluding tert-OH is 1. The van der Waals surface area contributed by atoms with Crippen LogP contribution in [0.1, 0.15) is 25.0 Å². The lowest BCUT2D eigenvalue weighted by Crippen LogP contribution is -2.50. The molecule has 6 nitrogen and oxygen atoms in total. The van der Waals surface area contributed by atoms with Crippen molar-refractivity contribution in [2.75, 3.05) is 19.7 Å². The maximum atomic E-state index is 12.2. The molecule has 108 valence electrons. The number of nitrogens with zero attached hydrogens (tertiary/aromatic N) is 2. The van der Waals surface area contributed by atoms with Gasteiger partial charge in [-0.25, -0.2) is 9.71 Å². The van der Waals surface area contributed by atoms with Crippen molar-refractivity contribution in [3.05, 3.63) is 16.6 Å². The molecule has 1 aliphatic rings. The Morgan fingerprint density at radius 1 is 1.53 bits per heavy atom. The van der Waals surface area contributed by atoms with Crippen LogP contribution in [0.4, 0.5) is 0 Å². The van der Waals surface area contributed by atoms with E-state index >= 15 is 0 Å². The molecule has 8 heteroatoms. The topological polar surface area (TPSA) is 82.5 Å². The van der Waals surface area contributed by atoms with Crippen LogP contribution in [0.3, 0.4) is 0 Å². The highest BCUT2D eigenvalue weighted by atomic mass is 32.2. The van der Waals surface area contributed by atoms with Gasteiger partial charge < -0.3 is 5.11 Å². The molecule has 0 spiro atoms. The van der Waals surface area contributed by atoms with Gasteiger partial charge in [-0.1, -0.05) is 6.42 Å². The summed E-state index contributed by atoms with van der Waals surface area (Å²) < 4.78 is 28.3. The third kappa shape index (κ3) is 3.96. The van der Waals surface area contributed by atoms with Crippen molar-refractivity contribution in [3.8, 4) is 0 Å². The summed E-state index contributed by atoms with van der Waals surface area (Å²) in [6.45, 7) is 0.699. The second kappa shape index (κ2) is 6.76. The van der Waals surface area contributed by atoms with Gasteiger partial charge in [-0.15, -0.1) is 11.3 Å². The third-order valence-electron chi connectivity index (χ3n) is 3.24. The largest absolute Gasteiger partial charge is 0.395 e. The molecule has 1 fully saturated rings. The van der Waals surface area contributed by atoms with Crippen LogP contribution >= 0.6 is 11.3 Å². The normalized spacial score (nSPS) is 21.6. The summed E-state index contributed by atoms with van der Waals surface area (Å²) in [5.41, 5.74) is 2.63. The number of aliphatic hydroxyl groups is 1. The quantitative estimate of drug-likeness (QED) is 0.795. The van der Waals surface area contributed by atoms with E-state index in [2.05, 4.69) is 9.71 Å². The van der Waals surface area contributed by atoms with Crippen LogP contribution in [-0.4, -0.2) is 48.6 Å². The van der Waals surface area contributed by atoms with Crippen molar-refractivity contribution in [1.82, 2.24) is 14.0 Å². The molecule has 2 N–H and O–H groups in total. The zero-order chi connectivity index (χ0) is 13.7. The molecule has 0 aromatic carbocycles. The van der Waals surface area contributed by atoms with Gasteiger partial charge in [-0.05, 0) is 12.8 Å². The van der Waals surface area contributed by atoms with Crippen molar-refractivity contribution in [3.63, 3.8) is 0 Å². The first-order valence-corrected chi connectivity index (χ1v) is 8.76. The maximum absolute atomic E-state index is 12.2. The molecule has 0 radical (unpaired) electrons. The molecule has 2 heterocycles. The lowest BCUT2D eigenvalue weighted by molar-refractivity contribution is 0.154. The molecule has 0 saturated carbocycles. The monoisotopic (exact) mass is 305 g/mol. The van der Waals surface area contributed by atoms with Crippen LogP contribution in [0.5, 0.6) is 0 Å². The second-order valence-corrected chi connectivity index (χ2v) is 7.00. The fraction of sp³-hybridized carbons (Fsp3) is 0.727. The molecule has 2 rings (SSSR count). The Kier molecular flexibility index (Phi) is 5.28. The Morgan fingerprint density at radius 2 is 2.37 bits per heavy atom. The Bertz CT molecular complexity index is 475. The molecule has 0 bridgehead atoms. The Morgan fingerprint density at radius 3 is 3.05 bits per heavy atom. The van der Waals surface area contributed by atoms with Gasteiger partial charge in [0.2, 0.25) is 0 Å². The number of nitrogens with one attached hydrogen (secondary N) is 1. The first-order chi connectivity index (χ1) is 9.13. The van der Waals surface area contributed by atoms with E-state index in [0.717, 1.165) is 25.0 Å². The van der Waals surface area contributed by atoms with Gasteiger partial charge in [0.25, 0.3) is 10.2 Å². The van der Waals surface area contributed by atoms with E-state index in [1.807, 2.05) is 5.38 Å². The molecule has 1 saturated heterocycles. The SMILES string of the molecule is O=S(=O)(NCCc1cscn1)N1CCCCC1CO. The van der Waals surface area contributed by atoms with Crippen LogP contribution in [-0.2, 0) is 16.6 Å². The van der Waals surface area contributed by atoms with E-state index in [1.165, 1.54) is 15.6 Å². The summed E-state index contributed by atoms with van der Waals surface area (Å²) >= 11 is 1.50. The number of aromatic nitrogens is 1. The zero-order valence-corrected chi connectivity index (χ0v) is 12.3. The molecule has 1 unspecified atom stereocenters. The van der Waals surface area contributed by atoms with Crippen LogP contribution < -0.4 is 4.72 Å². The molecule has 1 aliphatic heterocycles. The summed E-state index contributed by atoms with van der Waals surface area (Å²) in [5, 5.41) is 11.2. The first kappa shape index (κ1) is 14.9. The average Bonchev–Trinajstić information content (AvgIpc) is 2.91. The molecular weight excluding hydrogens is 286 g/mol.